The summed E-state index contributed by atoms with van der Waals surface area (Å²) < 4.78 is 0. The monoisotopic (exact) mass is 302 g/mol. The van der Waals surface area contributed by atoms with Crippen LogP contribution in [0.15, 0.2) is 54.7 Å². The van der Waals surface area contributed by atoms with Gasteiger partial charge in [-0.05, 0) is 35.2 Å². The third-order valence-electron chi connectivity index (χ3n) is 4.44. The van der Waals surface area contributed by atoms with Crippen LogP contribution in [0.3, 0.4) is 0 Å². The number of aromatic nitrogens is 2. The number of nitrogen functional groups attached to an aromatic ring is 1. The smallest absolute Gasteiger partial charge is 0.222 e. The minimum atomic E-state index is 0.309. The van der Waals surface area contributed by atoms with Gasteiger partial charge in [0.2, 0.25) is 5.95 Å². The van der Waals surface area contributed by atoms with E-state index in [0.717, 1.165) is 17.8 Å². The molecule has 0 saturated heterocycles. The highest BCUT2D eigenvalue weighted by molar-refractivity contribution is 5.72. The van der Waals surface area contributed by atoms with Gasteiger partial charge in [-0.2, -0.15) is 0 Å². The maximum atomic E-state index is 5.83. The molecule has 0 saturated carbocycles. The van der Waals surface area contributed by atoms with Crippen molar-refractivity contribution in [2.45, 2.75) is 12.3 Å². The average molecular weight is 302 g/mol. The molecule has 0 bridgehead atoms. The molecule has 4 heteroatoms. The van der Waals surface area contributed by atoms with Crippen molar-refractivity contribution in [3.8, 4) is 11.3 Å². The van der Waals surface area contributed by atoms with Crippen LogP contribution in [-0.2, 0) is 6.42 Å². The standard InChI is InChI=1S/C19H18N4/c1-21-19-22-11-13-10-17(12-6-8-14(20)9-7-12)15-4-2-3-5-16(15)18(13)23-19/h2-9,11,17H,10,20H2,1H3,(H,21,22,23). The number of nitrogens with zero attached hydrogens (tertiary/aromatic N) is 2. The lowest BCUT2D eigenvalue weighted by Gasteiger charge is -2.27. The highest BCUT2D eigenvalue weighted by atomic mass is 15.1. The summed E-state index contributed by atoms with van der Waals surface area (Å²) in [6.07, 6.45) is 2.84. The molecule has 114 valence electrons. The third kappa shape index (κ3) is 2.32. The minimum Gasteiger partial charge on any atom is -0.399 e. The molecular formula is C19H18N4. The van der Waals surface area contributed by atoms with E-state index in [1.165, 1.54) is 22.3 Å². The molecule has 3 aromatic rings. The van der Waals surface area contributed by atoms with Gasteiger partial charge in [-0.1, -0.05) is 36.4 Å². The average Bonchev–Trinajstić information content (AvgIpc) is 2.61. The first-order valence-electron chi connectivity index (χ1n) is 7.74. The zero-order valence-corrected chi connectivity index (χ0v) is 13.0. The van der Waals surface area contributed by atoms with Crippen molar-refractivity contribution < 1.29 is 0 Å². The van der Waals surface area contributed by atoms with Crippen molar-refractivity contribution in [2.24, 2.45) is 0 Å². The highest BCUT2D eigenvalue weighted by Crippen LogP contribution is 2.41. The van der Waals surface area contributed by atoms with Gasteiger partial charge in [-0.25, -0.2) is 9.97 Å². The largest absolute Gasteiger partial charge is 0.399 e. The van der Waals surface area contributed by atoms with Crippen LogP contribution in [0.5, 0.6) is 0 Å². The number of anilines is 2. The quantitative estimate of drug-likeness (QED) is 0.712. The predicted molar refractivity (Wildman–Crippen MR) is 93.4 cm³/mol. The van der Waals surface area contributed by atoms with Gasteiger partial charge in [0.25, 0.3) is 0 Å². The number of nitrogens with one attached hydrogen (secondary N) is 1. The van der Waals surface area contributed by atoms with E-state index in [1.54, 1.807) is 0 Å². The van der Waals surface area contributed by atoms with Crippen LogP contribution in [-0.4, -0.2) is 17.0 Å². The van der Waals surface area contributed by atoms with Gasteiger partial charge in [0.15, 0.2) is 0 Å². The molecule has 1 aliphatic carbocycles. The van der Waals surface area contributed by atoms with Crippen molar-refractivity contribution in [3.05, 3.63) is 71.4 Å². The summed E-state index contributed by atoms with van der Waals surface area (Å²) >= 11 is 0. The lowest BCUT2D eigenvalue weighted by atomic mass is 9.78. The fourth-order valence-corrected chi connectivity index (χ4v) is 3.28. The molecule has 0 aliphatic heterocycles. The molecule has 2 aromatic carbocycles. The highest BCUT2D eigenvalue weighted by Gasteiger charge is 2.27. The van der Waals surface area contributed by atoms with Crippen LogP contribution in [0, 0.1) is 0 Å². The van der Waals surface area contributed by atoms with Crippen LogP contribution >= 0.6 is 0 Å². The summed E-state index contributed by atoms with van der Waals surface area (Å²) in [5.74, 6) is 0.966. The van der Waals surface area contributed by atoms with Crippen LogP contribution in [0.25, 0.3) is 11.3 Å². The first-order chi connectivity index (χ1) is 11.3. The van der Waals surface area contributed by atoms with Gasteiger partial charge >= 0.3 is 0 Å². The number of hydrogen-bond acceptors (Lipinski definition) is 4. The van der Waals surface area contributed by atoms with Crippen LogP contribution < -0.4 is 11.1 Å². The van der Waals surface area contributed by atoms with Crippen LogP contribution in [0.1, 0.15) is 22.6 Å². The molecule has 4 rings (SSSR count). The molecule has 4 nitrogen and oxygen atoms in total. The molecule has 0 amide bonds. The Labute approximate surface area is 135 Å². The summed E-state index contributed by atoms with van der Waals surface area (Å²) in [6.45, 7) is 0. The number of hydrogen-bond donors (Lipinski definition) is 2. The van der Waals surface area contributed by atoms with E-state index in [4.69, 9.17) is 5.73 Å². The van der Waals surface area contributed by atoms with Gasteiger partial charge in [0.1, 0.15) is 0 Å². The van der Waals surface area contributed by atoms with Gasteiger partial charge in [-0.3, -0.25) is 0 Å². The fourth-order valence-electron chi connectivity index (χ4n) is 3.28. The SMILES string of the molecule is CNc1ncc2c(n1)-c1ccccc1C(c1ccc(N)cc1)C2. The number of benzene rings is 2. The Kier molecular flexibility index (Phi) is 3.23. The number of nitrogens with two attached hydrogens (primary N) is 1. The second-order valence-electron chi connectivity index (χ2n) is 5.83. The van der Waals surface area contributed by atoms with Crippen molar-refractivity contribution in [3.63, 3.8) is 0 Å². The summed E-state index contributed by atoms with van der Waals surface area (Å²) in [6, 6.07) is 16.7. The zero-order chi connectivity index (χ0) is 15.8. The second-order valence-corrected chi connectivity index (χ2v) is 5.83. The molecule has 23 heavy (non-hydrogen) atoms. The minimum absolute atomic E-state index is 0.309. The van der Waals surface area contributed by atoms with Crippen LogP contribution in [0.2, 0.25) is 0 Å². The molecule has 1 unspecified atom stereocenters. The molecule has 1 aromatic heterocycles. The molecular weight excluding hydrogens is 284 g/mol. The number of rotatable bonds is 2. The Morgan fingerprint density at radius 1 is 1.09 bits per heavy atom. The van der Waals surface area contributed by atoms with E-state index in [9.17, 15) is 0 Å². The van der Waals surface area contributed by atoms with E-state index < -0.39 is 0 Å². The normalized spacial score (nSPS) is 15.6. The van der Waals surface area contributed by atoms with Gasteiger partial charge in [0.05, 0.1) is 5.69 Å². The Morgan fingerprint density at radius 3 is 2.65 bits per heavy atom. The summed E-state index contributed by atoms with van der Waals surface area (Å²) in [4.78, 5) is 9.06. The maximum absolute atomic E-state index is 5.83. The van der Waals surface area contributed by atoms with E-state index >= 15 is 0 Å². The van der Waals surface area contributed by atoms with Gasteiger partial charge < -0.3 is 11.1 Å². The zero-order valence-electron chi connectivity index (χ0n) is 13.0. The molecule has 1 aliphatic rings. The van der Waals surface area contributed by atoms with E-state index in [1.807, 2.05) is 25.4 Å². The molecule has 3 N–H and O–H groups in total. The first kappa shape index (κ1) is 13.8. The molecule has 1 heterocycles. The first-order valence-corrected chi connectivity index (χ1v) is 7.74. The summed E-state index contributed by atoms with van der Waals surface area (Å²) in [5, 5.41) is 3.02. The van der Waals surface area contributed by atoms with Crippen molar-refractivity contribution in [2.75, 3.05) is 18.1 Å². The molecule has 1 atom stereocenters. The Balaban J connectivity index is 1.87. The van der Waals surface area contributed by atoms with E-state index in [-0.39, 0.29) is 0 Å². The fraction of sp³-hybridized carbons (Fsp3) is 0.158. The lowest BCUT2D eigenvalue weighted by molar-refractivity contribution is 0.782. The third-order valence-corrected chi connectivity index (χ3v) is 4.44. The van der Waals surface area contributed by atoms with Crippen molar-refractivity contribution in [1.29, 1.82) is 0 Å². The van der Waals surface area contributed by atoms with Crippen LogP contribution in [0.4, 0.5) is 11.6 Å². The molecule has 0 radical (unpaired) electrons. The van der Waals surface area contributed by atoms with Gasteiger partial charge in [0, 0.05) is 30.4 Å². The Morgan fingerprint density at radius 2 is 1.87 bits per heavy atom. The van der Waals surface area contributed by atoms with E-state index in [2.05, 4.69) is 51.7 Å². The molecule has 0 fully saturated rings. The lowest BCUT2D eigenvalue weighted by Crippen LogP contribution is -2.15. The van der Waals surface area contributed by atoms with Gasteiger partial charge in [-0.15, -0.1) is 0 Å². The predicted octanol–water partition coefficient (Wildman–Crippen LogP) is 3.46. The maximum Gasteiger partial charge on any atom is 0.222 e. The van der Waals surface area contributed by atoms with E-state index in [0.29, 0.717) is 11.9 Å². The van der Waals surface area contributed by atoms with Crippen molar-refractivity contribution >= 4 is 11.6 Å². The Bertz CT molecular complexity index is 855. The van der Waals surface area contributed by atoms with Crippen molar-refractivity contribution in [1.82, 2.24) is 9.97 Å². The second kappa shape index (κ2) is 5.39. The summed E-state index contributed by atoms with van der Waals surface area (Å²) in [5.41, 5.74) is 12.6. The topological polar surface area (TPSA) is 63.8 Å². The molecule has 0 spiro atoms. The summed E-state index contributed by atoms with van der Waals surface area (Å²) in [7, 11) is 1.84. The number of fused-ring (bicyclic) bond motifs is 3. The Hall–Kier alpha value is -2.88.